The number of rotatable bonds is 3. The molecule has 4 rings (SSSR count). The molecule has 140 valence electrons. The number of nitrogens with zero attached hydrogens (tertiary/aromatic N) is 4. The molecular weight excluding hydrogens is 349 g/mol. The zero-order valence-corrected chi connectivity index (χ0v) is 15.1. The van der Waals surface area contributed by atoms with E-state index in [0.717, 1.165) is 25.3 Å². The van der Waals surface area contributed by atoms with Gasteiger partial charge in [-0.1, -0.05) is 0 Å². The number of fused-ring (bicyclic) bond motifs is 1. The van der Waals surface area contributed by atoms with Gasteiger partial charge in [0.1, 0.15) is 5.65 Å². The van der Waals surface area contributed by atoms with Crippen LogP contribution in [0, 0.1) is 5.82 Å². The number of nitrogens with one attached hydrogen (secondary N) is 1. The van der Waals surface area contributed by atoms with Gasteiger partial charge in [-0.3, -0.25) is 9.20 Å². The molecule has 0 aliphatic carbocycles. The number of methoxy groups -OCH3 is 1. The molecule has 0 unspecified atom stereocenters. The van der Waals surface area contributed by atoms with Crippen LogP contribution in [0.5, 0.6) is 5.88 Å². The molecule has 7 nitrogen and oxygen atoms in total. The third kappa shape index (κ3) is 3.35. The number of anilines is 1. The Labute approximate surface area is 155 Å². The Balaban J connectivity index is 1.73. The van der Waals surface area contributed by atoms with Gasteiger partial charge in [0.05, 0.1) is 18.5 Å². The molecular formula is C19H20FN5O2. The van der Waals surface area contributed by atoms with Crippen LogP contribution < -0.4 is 20.5 Å². The van der Waals surface area contributed by atoms with Gasteiger partial charge in [-0.25, -0.2) is 14.4 Å². The number of hydrogen-bond acceptors (Lipinski definition) is 6. The first-order valence-corrected chi connectivity index (χ1v) is 8.77. The van der Waals surface area contributed by atoms with Gasteiger partial charge >= 0.3 is 0 Å². The first-order chi connectivity index (χ1) is 13.0. The lowest BCUT2D eigenvalue weighted by Crippen LogP contribution is -2.49. The number of ether oxygens (including phenoxy) is 1. The van der Waals surface area contributed by atoms with Crippen molar-refractivity contribution in [2.75, 3.05) is 31.6 Å². The topological polar surface area (TPSA) is 71.8 Å². The Kier molecular flexibility index (Phi) is 4.49. The molecule has 1 atom stereocenters. The molecule has 0 saturated carbocycles. The fraction of sp³-hybridized carbons (Fsp3) is 0.316. The van der Waals surface area contributed by atoms with Crippen LogP contribution in [0.3, 0.4) is 0 Å². The van der Waals surface area contributed by atoms with E-state index in [9.17, 15) is 9.18 Å². The maximum atomic E-state index is 13.9. The predicted octanol–water partition coefficient (Wildman–Crippen LogP) is 1.70. The van der Waals surface area contributed by atoms with Gasteiger partial charge in [-0.15, -0.1) is 0 Å². The Bertz CT molecular complexity index is 1050. The minimum absolute atomic E-state index is 0.0915. The summed E-state index contributed by atoms with van der Waals surface area (Å²) in [5, 5.41) is 3.40. The highest BCUT2D eigenvalue weighted by Crippen LogP contribution is 2.22. The van der Waals surface area contributed by atoms with Crippen LogP contribution >= 0.6 is 0 Å². The van der Waals surface area contributed by atoms with Gasteiger partial charge in [-0.05, 0) is 25.1 Å². The van der Waals surface area contributed by atoms with Crippen LogP contribution in [-0.4, -0.2) is 47.2 Å². The van der Waals surface area contributed by atoms with Crippen molar-refractivity contribution in [2.24, 2.45) is 0 Å². The van der Waals surface area contributed by atoms with Crippen molar-refractivity contribution in [1.29, 1.82) is 0 Å². The molecule has 0 spiro atoms. The summed E-state index contributed by atoms with van der Waals surface area (Å²) in [5.41, 5.74) is 2.05. The lowest BCUT2D eigenvalue weighted by molar-refractivity contribution is 0.369. The molecule has 0 aromatic carbocycles. The molecule has 1 saturated heterocycles. The molecule has 1 fully saturated rings. The number of pyridine rings is 2. The van der Waals surface area contributed by atoms with E-state index >= 15 is 0 Å². The van der Waals surface area contributed by atoms with Crippen molar-refractivity contribution < 1.29 is 9.13 Å². The summed E-state index contributed by atoms with van der Waals surface area (Å²) in [6.07, 6.45) is 3.25. The first kappa shape index (κ1) is 17.4. The molecule has 0 amide bonds. The Morgan fingerprint density at radius 3 is 2.93 bits per heavy atom. The largest absolute Gasteiger partial charge is 0.479 e. The maximum absolute atomic E-state index is 13.9. The van der Waals surface area contributed by atoms with Gasteiger partial charge in [0, 0.05) is 49.7 Å². The zero-order valence-electron chi connectivity index (χ0n) is 15.1. The number of hydrogen-bond donors (Lipinski definition) is 1. The number of piperazine rings is 1. The van der Waals surface area contributed by atoms with E-state index < -0.39 is 5.82 Å². The van der Waals surface area contributed by atoms with E-state index in [1.807, 2.05) is 6.07 Å². The Morgan fingerprint density at radius 1 is 1.33 bits per heavy atom. The van der Waals surface area contributed by atoms with E-state index in [-0.39, 0.29) is 11.4 Å². The molecule has 1 aliphatic heterocycles. The van der Waals surface area contributed by atoms with Crippen LogP contribution in [0.2, 0.25) is 0 Å². The van der Waals surface area contributed by atoms with Crippen LogP contribution in [0.25, 0.3) is 16.9 Å². The maximum Gasteiger partial charge on any atom is 0.258 e. The minimum atomic E-state index is -0.597. The summed E-state index contributed by atoms with van der Waals surface area (Å²) in [6, 6.07) is 6.81. The molecule has 8 heteroatoms. The molecule has 4 heterocycles. The van der Waals surface area contributed by atoms with Gasteiger partial charge in [0.2, 0.25) is 5.88 Å². The highest BCUT2D eigenvalue weighted by Gasteiger charge is 2.17. The molecule has 3 aromatic heterocycles. The monoisotopic (exact) mass is 369 g/mol. The van der Waals surface area contributed by atoms with Crippen molar-refractivity contribution in [3.8, 4) is 17.1 Å². The lowest BCUT2D eigenvalue weighted by atomic mass is 10.2. The quantitative estimate of drug-likeness (QED) is 0.758. The highest BCUT2D eigenvalue weighted by molar-refractivity contribution is 5.62. The van der Waals surface area contributed by atoms with E-state index in [0.29, 0.717) is 22.9 Å². The average Bonchev–Trinajstić information content (AvgIpc) is 2.67. The van der Waals surface area contributed by atoms with Crippen LogP contribution in [0.15, 0.2) is 41.5 Å². The van der Waals surface area contributed by atoms with Gasteiger partial charge in [0.15, 0.2) is 5.82 Å². The number of halogens is 1. The standard InChI is InChI=1S/C19H20FN5O2/c1-12-10-24(6-5-21-12)14-3-4-17-23-16(8-18(26)25(17)11-14)13-7-15(20)19(27-2)22-9-13/h3-4,7-9,11-12,21H,5-6,10H2,1-2H3/t12-/m0/s1. The molecule has 1 aliphatic rings. The summed E-state index contributed by atoms with van der Waals surface area (Å²) in [4.78, 5) is 23.3. The van der Waals surface area contributed by atoms with Gasteiger partial charge < -0.3 is 15.0 Å². The summed E-state index contributed by atoms with van der Waals surface area (Å²) in [5.74, 6) is -0.689. The van der Waals surface area contributed by atoms with E-state index in [1.54, 1.807) is 12.3 Å². The second-order valence-corrected chi connectivity index (χ2v) is 6.61. The third-order valence-electron chi connectivity index (χ3n) is 4.67. The lowest BCUT2D eigenvalue weighted by Gasteiger charge is -2.33. The number of aromatic nitrogens is 3. The molecule has 3 aromatic rings. The summed E-state index contributed by atoms with van der Waals surface area (Å²) < 4.78 is 20.3. The van der Waals surface area contributed by atoms with Crippen LogP contribution in [-0.2, 0) is 0 Å². The van der Waals surface area contributed by atoms with Gasteiger partial charge in [0.25, 0.3) is 5.56 Å². The molecule has 27 heavy (non-hydrogen) atoms. The normalized spacial score (nSPS) is 17.3. The summed E-state index contributed by atoms with van der Waals surface area (Å²) in [7, 11) is 1.35. The van der Waals surface area contributed by atoms with Crippen molar-refractivity contribution in [1.82, 2.24) is 19.7 Å². The Hall–Kier alpha value is -3.00. The van der Waals surface area contributed by atoms with Crippen LogP contribution in [0.1, 0.15) is 6.92 Å². The second-order valence-electron chi connectivity index (χ2n) is 6.61. The predicted molar refractivity (Wildman–Crippen MR) is 101 cm³/mol. The molecule has 0 radical (unpaired) electrons. The smallest absolute Gasteiger partial charge is 0.258 e. The van der Waals surface area contributed by atoms with E-state index in [2.05, 4.69) is 27.1 Å². The Morgan fingerprint density at radius 2 is 2.19 bits per heavy atom. The average molecular weight is 369 g/mol. The molecule has 0 bridgehead atoms. The highest BCUT2D eigenvalue weighted by atomic mass is 19.1. The fourth-order valence-corrected chi connectivity index (χ4v) is 3.31. The van der Waals surface area contributed by atoms with Crippen LogP contribution in [0.4, 0.5) is 10.1 Å². The van der Waals surface area contributed by atoms with Crippen molar-refractivity contribution in [3.63, 3.8) is 0 Å². The zero-order chi connectivity index (χ0) is 19.0. The minimum Gasteiger partial charge on any atom is -0.479 e. The van der Waals surface area contributed by atoms with Gasteiger partial charge in [-0.2, -0.15) is 0 Å². The fourth-order valence-electron chi connectivity index (χ4n) is 3.31. The SMILES string of the molecule is COc1ncc(-c2cc(=O)n3cc(N4CCN[C@@H](C)C4)ccc3n2)cc1F. The van der Waals surface area contributed by atoms with Crippen molar-refractivity contribution in [2.45, 2.75) is 13.0 Å². The van der Waals surface area contributed by atoms with Crippen molar-refractivity contribution in [3.05, 3.63) is 52.8 Å². The first-order valence-electron chi connectivity index (χ1n) is 8.77. The van der Waals surface area contributed by atoms with E-state index in [4.69, 9.17) is 4.74 Å². The van der Waals surface area contributed by atoms with Crippen molar-refractivity contribution >= 4 is 11.3 Å². The molecule has 1 N–H and O–H groups in total. The second kappa shape index (κ2) is 6.96. The van der Waals surface area contributed by atoms with E-state index in [1.165, 1.54) is 29.8 Å². The third-order valence-corrected chi connectivity index (χ3v) is 4.67. The summed E-state index contributed by atoms with van der Waals surface area (Å²) >= 11 is 0. The summed E-state index contributed by atoms with van der Waals surface area (Å²) in [6.45, 7) is 4.80.